The Morgan fingerprint density at radius 1 is 1.42 bits per heavy atom. The van der Waals surface area contributed by atoms with Crippen molar-refractivity contribution in [2.75, 3.05) is 0 Å². The summed E-state index contributed by atoms with van der Waals surface area (Å²) in [6.45, 7) is 0. The number of carbonyl (C=O) groups excluding carboxylic acids is 2. The Hall–Kier alpha value is -1.07. The molecule has 0 aromatic rings. The highest BCUT2D eigenvalue weighted by Gasteiger charge is 2.26. The minimum Gasteiger partial charge on any atom is -0.294 e. The van der Waals surface area contributed by atoms with Crippen molar-refractivity contribution in [2.24, 2.45) is 0 Å². The highest BCUT2D eigenvalue weighted by atomic mass is 32.2. The molecule has 0 spiro atoms. The van der Waals surface area contributed by atoms with Gasteiger partial charge in [-0.2, -0.15) is 4.83 Å². The van der Waals surface area contributed by atoms with Crippen LogP contribution in [0.1, 0.15) is 6.42 Å². The fourth-order valence-electron chi connectivity index (χ4n) is 1.11. The van der Waals surface area contributed by atoms with Crippen molar-refractivity contribution in [1.82, 2.24) is 10.3 Å². The average Bonchev–Trinajstić information content (AvgIpc) is 2.04. The van der Waals surface area contributed by atoms with E-state index in [4.69, 9.17) is 0 Å². The minimum atomic E-state index is -0.335. The Morgan fingerprint density at radius 3 is 3.00 bits per heavy atom. The predicted molar refractivity (Wildman–Crippen MR) is 44.7 cm³/mol. The van der Waals surface area contributed by atoms with E-state index in [1.165, 1.54) is 11.9 Å². The summed E-state index contributed by atoms with van der Waals surface area (Å²) in [5.74, 6) is -0.447. The molecule has 2 aliphatic rings. The van der Waals surface area contributed by atoms with E-state index < -0.39 is 0 Å². The van der Waals surface area contributed by atoms with Crippen LogP contribution in [0.3, 0.4) is 0 Å². The number of rotatable bonds is 0. The lowest BCUT2D eigenvalue weighted by Gasteiger charge is -2.19. The molecule has 62 valence electrons. The second kappa shape index (κ2) is 2.76. The largest absolute Gasteiger partial charge is 0.294 e. The summed E-state index contributed by atoms with van der Waals surface area (Å²) in [6, 6.07) is 0. The van der Waals surface area contributed by atoms with Crippen molar-refractivity contribution in [2.45, 2.75) is 6.42 Å². The molecule has 2 rings (SSSR count). The molecule has 0 radical (unpaired) electrons. The predicted octanol–water partition coefficient (Wildman–Crippen LogP) is 0.0521. The first kappa shape index (κ1) is 7.57. The molecular formula is C7H6N2O2S. The Bertz CT molecular complexity index is 319. The molecule has 1 aliphatic heterocycles. The van der Waals surface area contributed by atoms with Gasteiger partial charge < -0.3 is 0 Å². The molecule has 0 bridgehead atoms. The van der Waals surface area contributed by atoms with Crippen LogP contribution in [0.2, 0.25) is 0 Å². The fourth-order valence-corrected chi connectivity index (χ4v) is 1.84. The van der Waals surface area contributed by atoms with Crippen LogP contribution >= 0.6 is 11.9 Å². The number of carbonyl (C=O) groups is 2. The summed E-state index contributed by atoms with van der Waals surface area (Å²) < 4.78 is 0. The number of amides is 1. The van der Waals surface area contributed by atoms with Gasteiger partial charge in [-0.05, 0) is 18.0 Å². The molecule has 1 heterocycles. The lowest BCUT2D eigenvalue weighted by molar-refractivity contribution is -0.122. The van der Waals surface area contributed by atoms with E-state index in [-0.39, 0.29) is 17.3 Å². The zero-order valence-electron chi connectivity index (χ0n) is 6.09. The lowest BCUT2D eigenvalue weighted by Crippen LogP contribution is -2.40. The van der Waals surface area contributed by atoms with Gasteiger partial charge in [0.25, 0.3) is 5.91 Å². The van der Waals surface area contributed by atoms with Gasteiger partial charge in [0.05, 0.1) is 5.57 Å². The first-order valence-corrected chi connectivity index (χ1v) is 4.27. The molecule has 0 unspecified atom stereocenters. The van der Waals surface area contributed by atoms with Gasteiger partial charge in [-0.15, -0.1) is 0 Å². The van der Waals surface area contributed by atoms with Crippen LogP contribution in [-0.2, 0) is 9.59 Å². The molecule has 0 saturated carbocycles. The average molecular weight is 182 g/mol. The van der Waals surface area contributed by atoms with E-state index in [2.05, 4.69) is 10.3 Å². The molecule has 1 aliphatic carbocycles. The van der Waals surface area contributed by atoms with Crippen LogP contribution in [0.5, 0.6) is 0 Å². The minimum absolute atomic E-state index is 0.112. The topological polar surface area (TPSA) is 58.2 Å². The van der Waals surface area contributed by atoms with E-state index in [9.17, 15) is 9.59 Å². The molecular weight excluding hydrogens is 176 g/mol. The van der Waals surface area contributed by atoms with Crippen LogP contribution in [0.15, 0.2) is 22.6 Å². The number of hydrogen-bond acceptors (Lipinski definition) is 4. The molecule has 0 atom stereocenters. The molecule has 4 nitrogen and oxygen atoms in total. The lowest BCUT2D eigenvalue weighted by atomic mass is 10.0. The fraction of sp³-hybridized carbons (Fsp3) is 0.143. The number of nitrogens with one attached hydrogen (secondary N) is 2. The van der Waals surface area contributed by atoms with Crippen LogP contribution in [0.4, 0.5) is 0 Å². The van der Waals surface area contributed by atoms with Gasteiger partial charge in [0, 0.05) is 11.3 Å². The number of hydrazine groups is 1. The van der Waals surface area contributed by atoms with Crippen molar-refractivity contribution < 1.29 is 9.59 Å². The highest BCUT2D eigenvalue weighted by molar-refractivity contribution is 8.01. The molecule has 0 aromatic heterocycles. The second-order valence-corrected chi connectivity index (χ2v) is 3.28. The standard InChI is InChI=1S/C7H6N2O2S/c10-4-2-1-3-5-6(4)7(11)8-9-12-5/h1,3,9H,2H2,(H,8,11). The highest BCUT2D eigenvalue weighted by Crippen LogP contribution is 2.26. The summed E-state index contributed by atoms with van der Waals surface area (Å²) in [6.07, 6.45) is 3.87. The molecule has 0 aromatic carbocycles. The maximum atomic E-state index is 11.2. The zero-order chi connectivity index (χ0) is 8.55. The van der Waals surface area contributed by atoms with Gasteiger partial charge in [-0.25, -0.2) is 0 Å². The van der Waals surface area contributed by atoms with Crippen molar-refractivity contribution >= 4 is 23.6 Å². The summed E-state index contributed by atoms with van der Waals surface area (Å²) in [5, 5.41) is 0. The molecule has 5 heteroatoms. The zero-order valence-corrected chi connectivity index (χ0v) is 6.90. The van der Waals surface area contributed by atoms with E-state index in [0.29, 0.717) is 11.3 Å². The number of ketones is 1. The monoisotopic (exact) mass is 182 g/mol. The van der Waals surface area contributed by atoms with Gasteiger partial charge in [0.1, 0.15) is 0 Å². The smallest absolute Gasteiger partial charge is 0.270 e. The van der Waals surface area contributed by atoms with Crippen LogP contribution in [0, 0.1) is 0 Å². The van der Waals surface area contributed by atoms with Crippen LogP contribution in [0.25, 0.3) is 0 Å². The number of Topliss-reactive ketones (excluding diaryl/α,β-unsaturated/α-hetero) is 1. The Kier molecular flexibility index (Phi) is 1.74. The summed E-state index contributed by atoms with van der Waals surface area (Å²) >= 11 is 1.24. The van der Waals surface area contributed by atoms with E-state index in [0.717, 1.165) is 0 Å². The number of hydrogen-bond donors (Lipinski definition) is 2. The molecule has 0 saturated heterocycles. The second-order valence-electron chi connectivity index (χ2n) is 2.43. The summed E-state index contributed by atoms with van der Waals surface area (Å²) in [4.78, 5) is 25.7. The van der Waals surface area contributed by atoms with Crippen molar-refractivity contribution in [1.29, 1.82) is 0 Å². The maximum absolute atomic E-state index is 11.2. The van der Waals surface area contributed by atoms with E-state index >= 15 is 0 Å². The van der Waals surface area contributed by atoms with Crippen LogP contribution in [-0.4, -0.2) is 11.7 Å². The van der Waals surface area contributed by atoms with Crippen molar-refractivity contribution in [3.63, 3.8) is 0 Å². The molecule has 0 fully saturated rings. The van der Waals surface area contributed by atoms with Gasteiger partial charge in [-0.3, -0.25) is 15.0 Å². The Labute approximate surface area is 73.2 Å². The van der Waals surface area contributed by atoms with Crippen LogP contribution < -0.4 is 10.3 Å². The third-order valence-electron chi connectivity index (χ3n) is 1.65. The SMILES string of the molecule is O=C1CC=CC2=C1C(=O)NNS2. The normalized spacial score (nSPS) is 22.3. The summed E-state index contributed by atoms with van der Waals surface area (Å²) in [7, 11) is 0. The Balaban J connectivity index is 2.47. The number of allylic oxidation sites excluding steroid dienone is 2. The third-order valence-corrected chi connectivity index (χ3v) is 2.41. The van der Waals surface area contributed by atoms with E-state index in [1.807, 2.05) is 0 Å². The van der Waals surface area contributed by atoms with Gasteiger partial charge in [0.15, 0.2) is 5.78 Å². The van der Waals surface area contributed by atoms with Crippen molar-refractivity contribution in [3.05, 3.63) is 22.6 Å². The van der Waals surface area contributed by atoms with Gasteiger partial charge in [-0.1, -0.05) is 6.08 Å². The van der Waals surface area contributed by atoms with Gasteiger partial charge in [0.2, 0.25) is 0 Å². The van der Waals surface area contributed by atoms with E-state index in [1.54, 1.807) is 12.2 Å². The Morgan fingerprint density at radius 2 is 2.25 bits per heavy atom. The molecule has 12 heavy (non-hydrogen) atoms. The first-order valence-electron chi connectivity index (χ1n) is 3.45. The molecule has 2 N–H and O–H groups in total. The maximum Gasteiger partial charge on any atom is 0.270 e. The quantitative estimate of drug-likeness (QED) is 0.410. The van der Waals surface area contributed by atoms with Gasteiger partial charge >= 0.3 is 0 Å². The van der Waals surface area contributed by atoms with Crippen molar-refractivity contribution in [3.8, 4) is 0 Å². The summed E-state index contributed by atoms with van der Waals surface area (Å²) in [5.41, 5.74) is 2.65. The first-order chi connectivity index (χ1) is 5.79. The molecule has 1 amide bonds. The third kappa shape index (κ3) is 1.07.